The lowest BCUT2D eigenvalue weighted by molar-refractivity contribution is -0.0399. The van der Waals surface area contributed by atoms with Gasteiger partial charge in [0.25, 0.3) is 5.91 Å². The third-order valence-corrected chi connectivity index (χ3v) is 6.43. The van der Waals surface area contributed by atoms with Crippen LogP contribution in [0.5, 0.6) is 0 Å². The largest absolute Gasteiger partial charge is 0.368 e. The summed E-state index contributed by atoms with van der Waals surface area (Å²) in [5.74, 6) is -4.97. The molecule has 2 aliphatic rings. The minimum atomic E-state index is -2.74. The van der Waals surface area contributed by atoms with Gasteiger partial charge in [-0.2, -0.15) is 5.26 Å². The second-order valence-corrected chi connectivity index (χ2v) is 9.44. The molecule has 1 saturated heterocycles. The molecule has 1 amide bonds. The van der Waals surface area contributed by atoms with Gasteiger partial charge in [0.2, 0.25) is 5.92 Å². The molecule has 1 atom stereocenters. The molecule has 2 aromatic rings. The van der Waals surface area contributed by atoms with Crippen molar-refractivity contribution in [2.24, 2.45) is 5.73 Å². The number of anilines is 1. The Balaban J connectivity index is 1.80. The first-order valence-corrected chi connectivity index (χ1v) is 11.1. The van der Waals surface area contributed by atoms with E-state index >= 15 is 0 Å². The molecular formula is C24H25F4N5O. The summed E-state index contributed by atoms with van der Waals surface area (Å²) < 4.78 is 55.3. The van der Waals surface area contributed by atoms with Crippen molar-refractivity contribution in [2.45, 2.75) is 56.5 Å². The first kappa shape index (κ1) is 24.0. The van der Waals surface area contributed by atoms with Gasteiger partial charge in [-0.05, 0) is 43.9 Å². The topological polar surface area (TPSA) is 95.0 Å². The lowest BCUT2D eigenvalue weighted by Gasteiger charge is -2.30. The number of nitrogens with zero attached hydrogens (tertiary/aromatic N) is 3. The van der Waals surface area contributed by atoms with Gasteiger partial charge in [0.05, 0.1) is 11.3 Å². The molecule has 0 radical (unpaired) electrons. The SMILES string of the molecule is C[C@]1(N)CCN(c2c(C(=O)NC3CCC(F)(F)CC3)cnc(C#N)c2-c2cc(F)cc(F)c2)C1. The third-order valence-electron chi connectivity index (χ3n) is 6.43. The van der Waals surface area contributed by atoms with Gasteiger partial charge in [0.15, 0.2) is 0 Å². The van der Waals surface area contributed by atoms with Crippen LogP contribution < -0.4 is 16.0 Å². The summed E-state index contributed by atoms with van der Waals surface area (Å²) in [4.78, 5) is 19.2. The number of benzene rings is 1. The molecule has 6 nitrogen and oxygen atoms in total. The Kier molecular flexibility index (Phi) is 6.25. The van der Waals surface area contributed by atoms with Crippen molar-refractivity contribution in [1.82, 2.24) is 10.3 Å². The van der Waals surface area contributed by atoms with E-state index in [1.807, 2.05) is 17.9 Å². The Morgan fingerprint density at radius 1 is 1.21 bits per heavy atom. The van der Waals surface area contributed by atoms with Crippen LogP contribution in [0.1, 0.15) is 55.1 Å². The molecular weight excluding hydrogens is 450 g/mol. The molecule has 1 aliphatic heterocycles. The maximum absolute atomic E-state index is 14.1. The van der Waals surface area contributed by atoms with Crippen LogP contribution in [0.3, 0.4) is 0 Å². The van der Waals surface area contributed by atoms with Crippen LogP contribution in [0.25, 0.3) is 11.1 Å². The number of rotatable bonds is 4. The predicted molar refractivity (Wildman–Crippen MR) is 118 cm³/mol. The van der Waals surface area contributed by atoms with E-state index in [4.69, 9.17) is 5.73 Å². The molecule has 1 saturated carbocycles. The average molecular weight is 475 g/mol. The van der Waals surface area contributed by atoms with Crippen molar-refractivity contribution < 1.29 is 22.4 Å². The normalized spacial score (nSPS) is 22.4. The molecule has 180 valence electrons. The van der Waals surface area contributed by atoms with Gasteiger partial charge in [-0.25, -0.2) is 22.5 Å². The third kappa shape index (κ3) is 4.99. The average Bonchev–Trinajstić information content (AvgIpc) is 3.12. The van der Waals surface area contributed by atoms with Crippen molar-refractivity contribution in [1.29, 1.82) is 5.26 Å². The molecule has 0 bridgehead atoms. The van der Waals surface area contributed by atoms with Gasteiger partial charge in [-0.1, -0.05) is 0 Å². The lowest BCUT2D eigenvalue weighted by atomic mass is 9.92. The molecule has 0 spiro atoms. The van der Waals surface area contributed by atoms with Gasteiger partial charge in [0, 0.05) is 55.3 Å². The lowest BCUT2D eigenvalue weighted by Crippen LogP contribution is -2.42. The van der Waals surface area contributed by atoms with Crippen molar-refractivity contribution in [2.75, 3.05) is 18.0 Å². The smallest absolute Gasteiger partial charge is 0.255 e. The van der Waals surface area contributed by atoms with Crippen LogP contribution in [0.2, 0.25) is 0 Å². The number of nitrogens with two attached hydrogens (primary N) is 1. The number of hydrogen-bond acceptors (Lipinski definition) is 5. The molecule has 34 heavy (non-hydrogen) atoms. The summed E-state index contributed by atoms with van der Waals surface area (Å²) in [6, 6.07) is 4.37. The fourth-order valence-electron chi connectivity index (χ4n) is 4.68. The fraction of sp³-hybridized carbons (Fsp3) is 0.458. The van der Waals surface area contributed by atoms with Gasteiger partial charge in [0.1, 0.15) is 23.4 Å². The van der Waals surface area contributed by atoms with Crippen LogP contribution in [0, 0.1) is 23.0 Å². The number of alkyl halides is 2. The number of halogens is 4. The summed E-state index contributed by atoms with van der Waals surface area (Å²) >= 11 is 0. The first-order valence-electron chi connectivity index (χ1n) is 11.1. The monoisotopic (exact) mass is 475 g/mol. The molecule has 2 fully saturated rings. The van der Waals surface area contributed by atoms with Crippen LogP contribution in [0.15, 0.2) is 24.4 Å². The molecule has 2 heterocycles. The number of carbonyl (C=O) groups is 1. The summed E-state index contributed by atoms with van der Waals surface area (Å²) in [6.45, 7) is 2.63. The number of pyridine rings is 1. The second kappa shape index (κ2) is 8.87. The van der Waals surface area contributed by atoms with Crippen LogP contribution >= 0.6 is 0 Å². The zero-order valence-electron chi connectivity index (χ0n) is 18.7. The Morgan fingerprint density at radius 3 is 2.41 bits per heavy atom. The molecule has 1 aliphatic carbocycles. The van der Waals surface area contributed by atoms with Gasteiger partial charge >= 0.3 is 0 Å². The van der Waals surface area contributed by atoms with Crippen LogP contribution in [-0.2, 0) is 0 Å². The minimum absolute atomic E-state index is 0.0640. The number of nitriles is 1. The highest BCUT2D eigenvalue weighted by Crippen LogP contribution is 2.40. The van der Waals surface area contributed by atoms with Gasteiger partial charge < -0.3 is 16.0 Å². The van der Waals surface area contributed by atoms with Gasteiger partial charge in [-0.3, -0.25) is 4.79 Å². The van der Waals surface area contributed by atoms with E-state index in [0.29, 0.717) is 31.3 Å². The Morgan fingerprint density at radius 2 is 1.85 bits per heavy atom. The number of carbonyl (C=O) groups excluding carboxylic acids is 1. The van der Waals surface area contributed by atoms with E-state index in [-0.39, 0.29) is 48.1 Å². The maximum Gasteiger partial charge on any atom is 0.255 e. The van der Waals surface area contributed by atoms with Crippen molar-refractivity contribution in [3.8, 4) is 17.2 Å². The molecule has 1 aromatic carbocycles. The number of hydrogen-bond donors (Lipinski definition) is 2. The summed E-state index contributed by atoms with van der Waals surface area (Å²) in [5.41, 5.74) is 6.20. The summed E-state index contributed by atoms with van der Waals surface area (Å²) in [6.07, 6.45) is 1.46. The summed E-state index contributed by atoms with van der Waals surface area (Å²) in [5, 5.41) is 12.5. The fourth-order valence-corrected chi connectivity index (χ4v) is 4.68. The zero-order chi connectivity index (χ0) is 24.7. The van der Waals surface area contributed by atoms with Crippen LogP contribution in [0.4, 0.5) is 23.2 Å². The standard InChI is InChI=1S/C24H25F4N5O/c1-23(30)6-7-33(13-23)21-18(22(34)32-17-2-4-24(27,28)5-3-17)12-31-19(11-29)20(21)14-8-15(25)10-16(26)9-14/h8-10,12,17H,2-7,13,30H2,1H3,(H,32,34)/t23-/m0/s1. The Bertz CT molecular complexity index is 1130. The second-order valence-electron chi connectivity index (χ2n) is 9.44. The quantitative estimate of drug-likeness (QED) is 0.649. The highest BCUT2D eigenvalue weighted by atomic mass is 19.3. The van der Waals surface area contributed by atoms with Crippen molar-refractivity contribution >= 4 is 11.6 Å². The van der Waals surface area contributed by atoms with E-state index in [0.717, 1.165) is 12.1 Å². The highest BCUT2D eigenvalue weighted by Gasteiger charge is 2.37. The van der Waals surface area contributed by atoms with Crippen LogP contribution in [-0.4, -0.2) is 41.5 Å². The zero-order valence-corrected chi connectivity index (χ0v) is 18.7. The first-order chi connectivity index (χ1) is 16.0. The summed E-state index contributed by atoms with van der Waals surface area (Å²) in [7, 11) is 0. The van der Waals surface area contributed by atoms with E-state index in [1.54, 1.807) is 0 Å². The predicted octanol–water partition coefficient (Wildman–Crippen LogP) is 4.13. The minimum Gasteiger partial charge on any atom is -0.368 e. The molecule has 3 N–H and O–H groups in total. The Hall–Kier alpha value is -3.19. The van der Waals surface area contributed by atoms with Crippen molar-refractivity contribution in [3.63, 3.8) is 0 Å². The maximum atomic E-state index is 14.1. The number of nitrogens with one attached hydrogen (secondary N) is 1. The van der Waals surface area contributed by atoms with E-state index in [9.17, 15) is 27.6 Å². The Labute approximate surface area is 194 Å². The van der Waals surface area contributed by atoms with E-state index in [1.165, 1.54) is 6.20 Å². The number of amides is 1. The number of aromatic nitrogens is 1. The molecule has 4 rings (SSSR count). The molecule has 1 aromatic heterocycles. The van der Waals surface area contributed by atoms with E-state index in [2.05, 4.69) is 10.3 Å². The molecule has 10 heteroatoms. The molecule has 0 unspecified atom stereocenters. The van der Waals surface area contributed by atoms with Crippen molar-refractivity contribution in [3.05, 3.63) is 47.3 Å². The van der Waals surface area contributed by atoms with Gasteiger partial charge in [-0.15, -0.1) is 0 Å². The highest BCUT2D eigenvalue weighted by molar-refractivity contribution is 6.04. The van der Waals surface area contributed by atoms with E-state index < -0.39 is 35.0 Å².